The van der Waals surface area contributed by atoms with Gasteiger partial charge in [-0.2, -0.15) is 0 Å². The minimum absolute atomic E-state index is 0.0161. The highest BCUT2D eigenvalue weighted by Crippen LogP contribution is 2.39. The van der Waals surface area contributed by atoms with Crippen molar-refractivity contribution in [3.63, 3.8) is 0 Å². The number of aromatic amines is 2. The van der Waals surface area contributed by atoms with Crippen molar-refractivity contribution >= 4 is 33.1 Å². The molecule has 0 saturated heterocycles. The highest BCUT2D eigenvalue weighted by molar-refractivity contribution is 6.15. The first-order valence-corrected chi connectivity index (χ1v) is 8.97. The summed E-state index contributed by atoms with van der Waals surface area (Å²) in [6.45, 7) is 3.94. The van der Waals surface area contributed by atoms with Gasteiger partial charge in [-0.05, 0) is 31.5 Å². The van der Waals surface area contributed by atoms with Crippen molar-refractivity contribution in [3.8, 4) is 16.9 Å². The van der Waals surface area contributed by atoms with Crippen molar-refractivity contribution in [1.82, 2.24) is 14.8 Å². The number of phenols is 1. The zero-order chi connectivity index (χ0) is 19.6. The van der Waals surface area contributed by atoms with Crippen LogP contribution in [0.3, 0.4) is 0 Å². The van der Waals surface area contributed by atoms with E-state index in [9.17, 15) is 14.7 Å². The monoisotopic (exact) mass is 375 g/mol. The van der Waals surface area contributed by atoms with Gasteiger partial charge < -0.3 is 14.5 Å². The Morgan fingerprint density at radius 1 is 1.04 bits per heavy atom. The van der Waals surface area contributed by atoms with Gasteiger partial charge in [0.1, 0.15) is 5.65 Å². The summed E-state index contributed by atoms with van der Waals surface area (Å²) in [7, 11) is 0. The van der Waals surface area contributed by atoms with E-state index >= 15 is 0 Å². The predicted molar refractivity (Wildman–Crippen MR) is 108 cm³/mol. The van der Waals surface area contributed by atoms with Crippen molar-refractivity contribution in [2.75, 3.05) is 0 Å². The maximum Gasteiger partial charge on any atom is 0.274 e. The van der Waals surface area contributed by atoms with Crippen molar-refractivity contribution in [3.05, 3.63) is 63.0 Å². The molecule has 7 nitrogen and oxygen atoms in total. The molecule has 0 fully saturated rings. The molecule has 7 heteroatoms. The standard InChI is InChI=1S/C21H17N3O4/c1-10(2)24-20-15(21(27)23-24)14(11-6-4-3-5-7-11)19-16(22-20)12-8-9-13(25)17(26)18(12)28-19/h3-10,22,26H,1-2H3,(H,23,27). The first-order chi connectivity index (χ1) is 13.5. The van der Waals surface area contributed by atoms with Crippen LogP contribution in [-0.4, -0.2) is 19.9 Å². The molecule has 0 amide bonds. The van der Waals surface area contributed by atoms with Crippen LogP contribution in [0, 0.1) is 0 Å². The lowest BCUT2D eigenvalue weighted by molar-refractivity contribution is 0.464. The molecule has 0 bridgehead atoms. The SMILES string of the molecule is CC(C)n1[nH]c(=O)c2c(-c3ccccc3)c3oc4c(O)c(=O)ccc4c3[nH]c21. The Morgan fingerprint density at radius 2 is 1.79 bits per heavy atom. The molecular weight excluding hydrogens is 358 g/mol. The summed E-state index contributed by atoms with van der Waals surface area (Å²) in [5, 5.41) is 14.1. The average molecular weight is 375 g/mol. The molecule has 5 aromatic rings. The smallest absolute Gasteiger partial charge is 0.274 e. The molecule has 3 aromatic heterocycles. The van der Waals surface area contributed by atoms with Crippen LogP contribution in [0.1, 0.15) is 19.9 Å². The summed E-state index contributed by atoms with van der Waals surface area (Å²) in [6.07, 6.45) is 0. The molecule has 0 radical (unpaired) electrons. The van der Waals surface area contributed by atoms with Gasteiger partial charge in [0, 0.05) is 17.0 Å². The molecule has 3 N–H and O–H groups in total. The number of phenolic OH excluding ortho intramolecular Hbond substituents is 1. The molecule has 0 atom stereocenters. The van der Waals surface area contributed by atoms with Gasteiger partial charge in [-0.25, -0.2) is 0 Å². The number of hydrogen-bond donors (Lipinski definition) is 3. The molecule has 28 heavy (non-hydrogen) atoms. The molecule has 3 heterocycles. The maximum atomic E-state index is 12.8. The molecule has 0 spiro atoms. The van der Waals surface area contributed by atoms with Crippen LogP contribution >= 0.6 is 0 Å². The van der Waals surface area contributed by atoms with Crippen LogP contribution in [0.25, 0.3) is 44.2 Å². The van der Waals surface area contributed by atoms with E-state index in [0.29, 0.717) is 33.1 Å². The Bertz CT molecular complexity index is 1480. The van der Waals surface area contributed by atoms with E-state index in [-0.39, 0.29) is 17.2 Å². The summed E-state index contributed by atoms with van der Waals surface area (Å²) in [6, 6.07) is 12.4. The van der Waals surface area contributed by atoms with Gasteiger partial charge in [0.05, 0.1) is 10.9 Å². The van der Waals surface area contributed by atoms with Crippen LogP contribution in [0.2, 0.25) is 0 Å². The minimum atomic E-state index is -0.512. The number of nitrogens with zero attached hydrogens (tertiary/aromatic N) is 1. The second-order valence-corrected chi connectivity index (χ2v) is 7.09. The molecule has 0 unspecified atom stereocenters. The van der Waals surface area contributed by atoms with Gasteiger partial charge in [0.25, 0.3) is 5.56 Å². The molecule has 2 aromatic carbocycles. The summed E-state index contributed by atoms with van der Waals surface area (Å²) >= 11 is 0. The van der Waals surface area contributed by atoms with E-state index in [0.717, 1.165) is 5.56 Å². The summed E-state index contributed by atoms with van der Waals surface area (Å²) < 4.78 is 7.71. The van der Waals surface area contributed by atoms with E-state index in [1.54, 1.807) is 10.7 Å². The molecule has 0 saturated carbocycles. The van der Waals surface area contributed by atoms with E-state index in [2.05, 4.69) is 10.1 Å². The number of furan rings is 1. The minimum Gasteiger partial charge on any atom is -0.502 e. The highest BCUT2D eigenvalue weighted by atomic mass is 16.4. The van der Waals surface area contributed by atoms with Gasteiger partial charge in [-0.1, -0.05) is 30.3 Å². The third-order valence-electron chi connectivity index (χ3n) is 5.02. The number of rotatable bonds is 2. The number of benzene rings is 2. The quantitative estimate of drug-likeness (QED) is 0.436. The summed E-state index contributed by atoms with van der Waals surface area (Å²) in [4.78, 5) is 28.0. The van der Waals surface area contributed by atoms with Gasteiger partial charge >= 0.3 is 0 Å². The van der Waals surface area contributed by atoms with Crippen LogP contribution < -0.4 is 11.0 Å². The topological polar surface area (TPSA) is 104 Å². The fourth-order valence-electron chi connectivity index (χ4n) is 3.73. The molecular formula is C21H17N3O4. The Hall–Kier alpha value is -3.74. The van der Waals surface area contributed by atoms with Gasteiger partial charge in [-0.15, -0.1) is 0 Å². The predicted octanol–water partition coefficient (Wildman–Crippen LogP) is 3.87. The molecule has 5 rings (SSSR count). The second kappa shape index (κ2) is 5.63. The van der Waals surface area contributed by atoms with E-state index < -0.39 is 11.2 Å². The number of hydrogen-bond acceptors (Lipinski definition) is 4. The van der Waals surface area contributed by atoms with Crippen molar-refractivity contribution in [1.29, 1.82) is 0 Å². The van der Waals surface area contributed by atoms with Crippen LogP contribution in [0.5, 0.6) is 5.75 Å². The molecule has 0 aliphatic rings. The molecule has 0 aliphatic heterocycles. The maximum absolute atomic E-state index is 12.8. The fourth-order valence-corrected chi connectivity index (χ4v) is 3.73. The average Bonchev–Trinajstić information content (AvgIpc) is 3.22. The summed E-state index contributed by atoms with van der Waals surface area (Å²) in [5.41, 5.74) is 2.44. The van der Waals surface area contributed by atoms with Gasteiger partial charge in [-0.3, -0.25) is 19.4 Å². The largest absolute Gasteiger partial charge is 0.502 e. The second-order valence-electron chi connectivity index (χ2n) is 7.09. The van der Waals surface area contributed by atoms with E-state index in [4.69, 9.17) is 4.42 Å². The lowest BCUT2D eigenvalue weighted by Gasteiger charge is -2.10. The highest BCUT2D eigenvalue weighted by Gasteiger charge is 2.23. The van der Waals surface area contributed by atoms with E-state index in [1.807, 2.05) is 44.2 Å². The number of H-pyrrole nitrogens is 2. The zero-order valence-electron chi connectivity index (χ0n) is 15.2. The number of fused-ring (bicyclic) bond motifs is 4. The third kappa shape index (κ3) is 2.10. The van der Waals surface area contributed by atoms with Crippen LogP contribution in [0.15, 0.2) is 56.5 Å². The van der Waals surface area contributed by atoms with Crippen molar-refractivity contribution < 1.29 is 9.52 Å². The van der Waals surface area contributed by atoms with E-state index in [1.165, 1.54) is 6.07 Å². The van der Waals surface area contributed by atoms with Crippen molar-refractivity contribution in [2.45, 2.75) is 19.9 Å². The van der Waals surface area contributed by atoms with Gasteiger partial charge in [0.2, 0.25) is 11.2 Å². The van der Waals surface area contributed by atoms with Crippen LogP contribution in [-0.2, 0) is 0 Å². The Balaban J connectivity index is 2.10. The normalized spacial score (nSPS) is 12.0. The Morgan fingerprint density at radius 3 is 2.50 bits per heavy atom. The lowest BCUT2D eigenvalue weighted by atomic mass is 10.0. The Kier molecular flexibility index (Phi) is 3.30. The number of aromatic nitrogens is 3. The van der Waals surface area contributed by atoms with Crippen molar-refractivity contribution in [2.24, 2.45) is 0 Å². The first-order valence-electron chi connectivity index (χ1n) is 8.97. The Labute approximate surface area is 157 Å². The molecule has 140 valence electrons. The van der Waals surface area contributed by atoms with Crippen LogP contribution in [0.4, 0.5) is 0 Å². The number of pyridine rings is 1. The fraction of sp³-hybridized carbons (Fsp3) is 0.143. The molecule has 0 aliphatic carbocycles. The number of aromatic hydroxyl groups is 1. The third-order valence-corrected chi connectivity index (χ3v) is 5.02. The van der Waals surface area contributed by atoms with Gasteiger partial charge in [0.15, 0.2) is 11.2 Å². The zero-order valence-corrected chi connectivity index (χ0v) is 15.2. The summed E-state index contributed by atoms with van der Waals surface area (Å²) in [5.74, 6) is -0.438. The lowest BCUT2D eigenvalue weighted by Crippen LogP contribution is -2.07. The number of nitrogens with one attached hydrogen (secondary N) is 2. The first kappa shape index (κ1) is 16.4.